The fourth-order valence-electron chi connectivity index (χ4n) is 2.59. The molecule has 0 atom stereocenters. The van der Waals surface area contributed by atoms with E-state index in [1.165, 1.54) is 22.6 Å². The molecule has 2 aromatic heterocycles. The first-order valence-electron chi connectivity index (χ1n) is 8.74. The number of benzene rings is 1. The van der Waals surface area contributed by atoms with Gasteiger partial charge in [0.1, 0.15) is 17.1 Å². The predicted molar refractivity (Wildman–Crippen MR) is 110 cm³/mol. The number of thioether (sulfide) groups is 1. The molecule has 29 heavy (non-hydrogen) atoms. The zero-order chi connectivity index (χ0) is 20.8. The number of H-pyrrole nitrogens is 1. The van der Waals surface area contributed by atoms with Crippen molar-refractivity contribution in [1.29, 1.82) is 0 Å². The zero-order valence-electron chi connectivity index (χ0n) is 15.8. The zero-order valence-corrected chi connectivity index (χ0v) is 16.7. The van der Waals surface area contributed by atoms with Gasteiger partial charge in [-0.25, -0.2) is 14.5 Å². The van der Waals surface area contributed by atoms with Crippen LogP contribution in [0, 0.1) is 0 Å². The molecule has 10 heteroatoms. The van der Waals surface area contributed by atoms with Crippen LogP contribution >= 0.6 is 11.8 Å². The van der Waals surface area contributed by atoms with Gasteiger partial charge in [0.05, 0.1) is 24.2 Å². The van der Waals surface area contributed by atoms with Crippen molar-refractivity contribution < 1.29 is 14.3 Å². The lowest BCUT2D eigenvalue weighted by Crippen LogP contribution is -2.22. The van der Waals surface area contributed by atoms with E-state index in [1.54, 1.807) is 31.2 Å². The first-order chi connectivity index (χ1) is 14.0. The highest BCUT2D eigenvalue weighted by molar-refractivity contribution is 7.97. The summed E-state index contributed by atoms with van der Waals surface area (Å²) in [4.78, 5) is 43.8. The van der Waals surface area contributed by atoms with E-state index in [2.05, 4.69) is 20.4 Å². The Balaban J connectivity index is 2.01. The number of aromatic nitrogens is 4. The van der Waals surface area contributed by atoms with E-state index in [1.807, 2.05) is 12.3 Å². The van der Waals surface area contributed by atoms with Gasteiger partial charge in [-0.2, -0.15) is 16.9 Å². The van der Waals surface area contributed by atoms with Gasteiger partial charge < -0.3 is 15.0 Å². The molecule has 0 aliphatic carbocycles. The second kappa shape index (κ2) is 9.20. The molecule has 150 valence electrons. The Bertz CT molecular complexity index is 1080. The highest BCUT2D eigenvalue weighted by atomic mass is 32.2. The Morgan fingerprint density at radius 3 is 2.72 bits per heavy atom. The molecule has 0 bridgehead atoms. The monoisotopic (exact) mass is 413 g/mol. The van der Waals surface area contributed by atoms with Gasteiger partial charge in [0.25, 0.3) is 11.5 Å². The van der Waals surface area contributed by atoms with Crippen LogP contribution in [0.2, 0.25) is 0 Å². The molecule has 0 aliphatic rings. The standard InChI is InChI=1S/C19H19N5O4S/c1-3-28-19(27)13-10-20-24(12-7-5-4-6-8-12)17(13)23-18(26)14-9-16(25)22-15(21-14)11-29-2/h4-10H,3,11H2,1-2H3,(H,23,26)(H,21,22,25). The summed E-state index contributed by atoms with van der Waals surface area (Å²) in [5.41, 5.74) is 0.239. The van der Waals surface area contributed by atoms with Crippen molar-refractivity contribution in [3.8, 4) is 5.69 Å². The van der Waals surface area contributed by atoms with Crippen LogP contribution in [0.25, 0.3) is 5.69 Å². The van der Waals surface area contributed by atoms with E-state index in [0.717, 1.165) is 6.07 Å². The maximum absolute atomic E-state index is 12.8. The summed E-state index contributed by atoms with van der Waals surface area (Å²) in [6.07, 6.45) is 3.18. The molecule has 0 radical (unpaired) electrons. The third-order valence-corrected chi connectivity index (χ3v) is 4.36. The van der Waals surface area contributed by atoms with E-state index < -0.39 is 17.4 Å². The summed E-state index contributed by atoms with van der Waals surface area (Å²) in [6, 6.07) is 10.1. The fourth-order valence-corrected chi connectivity index (χ4v) is 3.00. The minimum Gasteiger partial charge on any atom is -0.462 e. The average molecular weight is 413 g/mol. The fraction of sp³-hybridized carbons (Fsp3) is 0.211. The van der Waals surface area contributed by atoms with E-state index in [0.29, 0.717) is 17.3 Å². The number of anilines is 1. The third-order valence-electron chi connectivity index (χ3n) is 3.80. The number of para-hydroxylation sites is 1. The summed E-state index contributed by atoms with van der Waals surface area (Å²) in [7, 11) is 0. The Labute approximate surface area is 170 Å². The van der Waals surface area contributed by atoms with Gasteiger partial charge in [-0.05, 0) is 25.3 Å². The first-order valence-corrected chi connectivity index (χ1v) is 10.1. The van der Waals surface area contributed by atoms with Gasteiger partial charge >= 0.3 is 5.97 Å². The smallest absolute Gasteiger partial charge is 0.343 e. The van der Waals surface area contributed by atoms with Crippen molar-refractivity contribution in [2.45, 2.75) is 12.7 Å². The molecule has 1 aromatic carbocycles. The number of ether oxygens (including phenoxy) is 1. The van der Waals surface area contributed by atoms with Crippen LogP contribution in [-0.2, 0) is 10.5 Å². The van der Waals surface area contributed by atoms with Gasteiger partial charge in [0.15, 0.2) is 5.82 Å². The van der Waals surface area contributed by atoms with Gasteiger partial charge in [-0.15, -0.1) is 0 Å². The van der Waals surface area contributed by atoms with Gasteiger partial charge in [0, 0.05) is 6.07 Å². The highest BCUT2D eigenvalue weighted by Crippen LogP contribution is 2.22. The molecule has 0 spiro atoms. The third kappa shape index (κ3) is 4.72. The molecule has 3 aromatic rings. The van der Waals surface area contributed by atoms with Crippen LogP contribution in [0.3, 0.4) is 0 Å². The van der Waals surface area contributed by atoms with Crippen LogP contribution in [0.4, 0.5) is 5.82 Å². The lowest BCUT2D eigenvalue weighted by Gasteiger charge is -2.11. The van der Waals surface area contributed by atoms with Crippen molar-refractivity contribution in [3.63, 3.8) is 0 Å². The minimum atomic E-state index is -0.637. The van der Waals surface area contributed by atoms with E-state index in [4.69, 9.17) is 4.74 Å². The van der Waals surface area contributed by atoms with Gasteiger partial charge in [-0.1, -0.05) is 18.2 Å². The lowest BCUT2D eigenvalue weighted by atomic mass is 10.3. The Morgan fingerprint density at radius 1 is 1.28 bits per heavy atom. The van der Waals surface area contributed by atoms with Crippen molar-refractivity contribution in [2.75, 3.05) is 18.2 Å². The second-order valence-corrected chi connectivity index (χ2v) is 6.71. The summed E-state index contributed by atoms with van der Waals surface area (Å²) in [5, 5.41) is 6.86. The average Bonchev–Trinajstić information content (AvgIpc) is 3.12. The Morgan fingerprint density at radius 2 is 2.03 bits per heavy atom. The number of hydrogen-bond acceptors (Lipinski definition) is 7. The molecule has 0 saturated carbocycles. The molecular weight excluding hydrogens is 394 g/mol. The van der Waals surface area contributed by atoms with Crippen LogP contribution in [0.5, 0.6) is 0 Å². The van der Waals surface area contributed by atoms with E-state index in [9.17, 15) is 14.4 Å². The minimum absolute atomic E-state index is 0.0616. The van der Waals surface area contributed by atoms with Gasteiger partial charge in [-0.3, -0.25) is 9.59 Å². The Kier molecular flexibility index (Phi) is 6.45. The second-order valence-electron chi connectivity index (χ2n) is 5.84. The Hall–Kier alpha value is -3.40. The number of rotatable bonds is 7. The van der Waals surface area contributed by atoms with Crippen LogP contribution in [0.1, 0.15) is 33.6 Å². The maximum Gasteiger partial charge on any atom is 0.343 e. The molecular formula is C19H19N5O4S. The topological polar surface area (TPSA) is 119 Å². The molecule has 2 N–H and O–H groups in total. The van der Waals surface area contributed by atoms with Crippen LogP contribution in [-0.4, -0.2) is 44.5 Å². The van der Waals surface area contributed by atoms with Crippen molar-refractivity contribution >= 4 is 29.5 Å². The highest BCUT2D eigenvalue weighted by Gasteiger charge is 2.22. The summed E-state index contributed by atoms with van der Waals surface area (Å²) in [6.45, 7) is 1.86. The maximum atomic E-state index is 12.8. The number of esters is 1. The van der Waals surface area contributed by atoms with Crippen molar-refractivity contribution in [1.82, 2.24) is 19.7 Å². The van der Waals surface area contributed by atoms with E-state index in [-0.39, 0.29) is 23.7 Å². The number of carbonyl (C=O) groups is 2. The molecule has 0 unspecified atom stereocenters. The molecule has 9 nitrogen and oxygen atoms in total. The number of aromatic amines is 1. The normalized spacial score (nSPS) is 10.6. The molecule has 1 amide bonds. The quantitative estimate of drug-likeness (QED) is 0.570. The molecule has 0 fully saturated rings. The van der Waals surface area contributed by atoms with Crippen LogP contribution < -0.4 is 10.9 Å². The number of amides is 1. The van der Waals surface area contributed by atoms with Crippen molar-refractivity contribution in [2.24, 2.45) is 0 Å². The largest absolute Gasteiger partial charge is 0.462 e. The van der Waals surface area contributed by atoms with E-state index >= 15 is 0 Å². The molecule has 2 heterocycles. The lowest BCUT2D eigenvalue weighted by molar-refractivity contribution is 0.0527. The number of carbonyl (C=O) groups excluding carboxylic acids is 2. The number of nitrogens with zero attached hydrogens (tertiary/aromatic N) is 3. The number of nitrogens with one attached hydrogen (secondary N) is 2. The summed E-state index contributed by atoms with van der Waals surface area (Å²) in [5.74, 6) is -0.286. The molecule has 0 aliphatic heterocycles. The van der Waals surface area contributed by atoms with Gasteiger partial charge in [0.2, 0.25) is 0 Å². The first kappa shape index (κ1) is 20.3. The van der Waals surface area contributed by atoms with Crippen molar-refractivity contribution in [3.05, 3.63) is 70.0 Å². The summed E-state index contributed by atoms with van der Waals surface area (Å²) < 4.78 is 6.48. The molecule has 3 rings (SSSR count). The van der Waals surface area contributed by atoms with Crippen LogP contribution in [0.15, 0.2) is 47.4 Å². The molecule has 0 saturated heterocycles. The summed E-state index contributed by atoms with van der Waals surface area (Å²) >= 11 is 1.46. The SMILES string of the molecule is CCOC(=O)c1cnn(-c2ccccc2)c1NC(=O)c1cc(=O)[nH]c(CSC)n1. The predicted octanol–water partition coefficient (Wildman–Crippen LogP) is 2.25. The number of hydrogen-bond donors (Lipinski definition) is 2.